The third kappa shape index (κ3) is 5.59. The van der Waals surface area contributed by atoms with Crippen LogP contribution in [0.4, 0.5) is 0 Å². The van der Waals surface area contributed by atoms with Crippen LogP contribution in [0.25, 0.3) is 0 Å². The lowest BCUT2D eigenvalue weighted by Crippen LogP contribution is -2.37. The Kier molecular flexibility index (Phi) is 7.39. The second-order valence-corrected chi connectivity index (χ2v) is 4.04. The van der Waals surface area contributed by atoms with Gasteiger partial charge in [0, 0.05) is 24.8 Å². The Labute approximate surface area is 115 Å². The molecule has 1 aromatic rings. The van der Waals surface area contributed by atoms with E-state index < -0.39 is 0 Å². The molecule has 0 spiro atoms. The molecule has 0 amide bonds. The molecule has 0 saturated heterocycles. The van der Waals surface area contributed by atoms with Crippen molar-refractivity contribution < 1.29 is 4.74 Å². The number of ether oxygens (including phenoxy) is 1. The van der Waals surface area contributed by atoms with Crippen molar-refractivity contribution in [2.45, 2.75) is 33.7 Å². The highest BCUT2D eigenvalue weighted by molar-refractivity contribution is 5.79. The SMILES string of the molecule is CCCOc1ncccc1CN=C(NCC)NCC. The van der Waals surface area contributed by atoms with E-state index in [1.807, 2.05) is 26.0 Å². The second kappa shape index (κ2) is 9.19. The van der Waals surface area contributed by atoms with Crippen molar-refractivity contribution >= 4 is 5.96 Å². The molecule has 1 heterocycles. The molecule has 0 bridgehead atoms. The maximum atomic E-state index is 5.62. The van der Waals surface area contributed by atoms with Crippen LogP contribution in [0.5, 0.6) is 5.88 Å². The summed E-state index contributed by atoms with van der Waals surface area (Å²) in [6, 6.07) is 3.90. The number of nitrogens with zero attached hydrogens (tertiary/aromatic N) is 2. The summed E-state index contributed by atoms with van der Waals surface area (Å²) in [7, 11) is 0. The Morgan fingerprint density at radius 2 is 2.00 bits per heavy atom. The first-order chi connectivity index (χ1) is 9.31. The zero-order valence-corrected chi connectivity index (χ0v) is 12.1. The lowest BCUT2D eigenvalue weighted by Gasteiger charge is -2.11. The van der Waals surface area contributed by atoms with Gasteiger partial charge in [-0.15, -0.1) is 0 Å². The van der Waals surface area contributed by atoms with Crippen molar-refractivity contribution in [3.05, 3.63) is 23.9 Å². The highest BCUT2D eigenvalue weighted by Crippen LogP contribution is 2.15. The normalized spacial score (nSPS) is 9.84. The molecule has 0 unspecified atom stereocenters. The number of nitrogens with one attached hydrogen (secondary N) is 2. The fourth-order valence-electron chi connectivity index (χ4n) is 1.55. The summed E-state index contributed by atoms with van der Waals surface area (Å²) in [5.41, 5.74) is 1.00. The number of rotatable bonds is 7. The van der Waals surface area contributed by atoms with Crippen molar-refractivity contribution in [2.24, 2.45) is 4.99 Å². The van der Waals surface area contributed by atoms with Gasteiger partial charge < -0.3 is 15.4 Å². The summed E-state index contributed by atoms with van der Waals surface area (Å²) >= 11 is 0. The van der Waals surface area contributed by atoms with Gasteiger partial charge in [-0.25, -0.2) is 9.98 Å². The minimum absolute atomic E-state index is 0.558. The standard InChI is InChI=1S/C14H24N4O/c1-4-10-19-13-12(8-7-9-17-13)11-18-14(15-5-2)16-6-3/h7-9H,4-6,10-11H2,1-3H3,(H2,15,16,18). The first-order valence-corrected chi connectivity index (χ1v) is 6.90. The van der Waals surface area contributed by atoms with Crippen LogP contribution >= 0.6 is 0 Å². The lowest BCUT2D eigenvalue weighted by molar-refractivity contribution is 0.302. The second-order valence-electron chi connectivity index (χ2n) is 4.04. The van der Waals surface area contributed by atoms with Gasteiger partial charge in [0.25, 0.3) is 0 Å². The minimum atomic E-state index is 0.558. The molecule has 1 rings (SSSR count). The van der Waals surface area contributed by atoms with Crippen LogP contribution in [0.2, 0.25) is 0 Å². The monoisotopic (exact) mass is 264 g/mol. The third-order valence-corrected chi connectivity index (χ3v) is 2.39. The summed E-state index contributed by atoms with van der Waals surface area (Å²) in [5, 5.41) is 6.39. The Bertz CT molecular complexity index is 385. The van der Waals surface area contributed by atoms with E-state index in [0.717, 1.165) is 31.0 Å². The molecule has 0 aromatic carbocycles. The quantitative estimate of drug-likeness (QED) is 0.584. The predicted octanol–water partition coefficient (Wildman–Crippen LogP) is 1.95. The van der Waals surface area contributed by atoms with Crippen LogP contribution in [0, 0.1) is 0 Å². The maximum absolute atomic E-state index is 5.62. The van der Waals surface area contributed by atoms with E-state index in [4.69, 9.17) is 4.74 Å². The van der Waals surface area contributed by atoms with Gasteiger partial charge in [-0.2, -0.15) is 0 Å². The maximum Gasteiger partial charge on any atom is 0.218 e. The summed E-state index contributed by atoms with van der Waals surface area (Å²) in [4.78, 5) is 8.77. The Hall–Kier alpha value is -1.78. The Morgan fingerprint density at radius 3 is 2.63 bits per heavy atom. The molecular weight excluding hydrogens is 240 g/mol. The van der Waals surface area contributed by atoms with Gasteiger partial charge in [-0.05, 0) is 26.3 Å². The summed E-state index contributed by atoms with van der Waals surface area (Å²) in [6.07, 6.45) is 2.72. The topological polar surface area (TPSA) is 58.5 Å². The molecule has 5 heteroatoms. The van der Waals surface area contributed by atoms with Crippen molar-refractivity contribution in [3.8, 4) is 5.88 Å². The van der Waals surface area contributed by atoms with Crippen LogP contribution in [-0.4, -0.2) is 30.6 Å². The third-order valence-electron chi connectivity index (χ3n) is 2.39. The molecule has 0 aliphatic rings. The molecular formula is C14H24N4O. The molecule has 0 aliphatic heterocycles. The van der Waals surface area contributed by atoms with E-state index in [-0.39, 0.29) is 0 Å². The largest absolute Gasteiger partial charge is 0.477 e. The Balaban J connectivity index is 2.71. The van der Waals surface area contributed by atoms with Gasteiger partial charge in [0.2, 0.25) is 5.88 Å². The highest BCUT2D eigenvalue weighted by Gasteiger charge is 2.04. The molecule has 0 saturated carbocycles. The molecule has 0 fully saturated rings. The van der Waals surface area contributed by atoms with Crippen LogP contribution < -0.4 is 15.4 Å². The zero-order chi connectivity index (χ0) is 13.9. The van der Waals surface area contributed by atoms with Crippen LogP contribution in [0.1, 0.15) is 32.8 Å². The van der Waals surface area contributed by atoms with Crippen molar-refractivity contribution in [1.29, 1.82) is 0 Å². The summed E-state index contributed by atoms with van der Waals surface area (Å²) in [6.45, 7) is 9.11. The number of hydrogen-bond donors (Lipinski definition) is 2. The highest BCUT2D eigenvalue weighted by atomic mass is 16.5. The predicted molar refractivity (Wildman–Crippen MR) is 78.5 cm³/mol. The molecule has 0 radical (unpaired) electrons. The van der Waals surface area contributed by atoms with E-state index in [9.17, 15) is 0 Å². The van der Waals surface area contributed by atoms with Crippen molar-refractivity contribution in [1.82, 2.24) is 15.6 Å². The smallest absolute Gasteiger partial charge is 0.218 e. The van der Waals surface area contributed by atoms with E-state index in [0.29, 0.717) is 19.0 Å². The van der Waals surface area contributed by atoms with Crippen molar-refractivity contribution in [3.63, 3.8) is 0 Å². The van der Waals surface area contributed by atoms with Gasteiger partial charge in [-0.1, -0.05) is 13.0 Å². The minimum Gasteiger partial charge on any atom is -0.477 e. The van der Waals surface area contributed by atoms with E-state index >= 15 is 0 Å². The van der Waals surface area contributed by atoms with Crippen LogP contribution in [0.3, 0.4) is 0 Å². The van der Waals surface area contributed by atoms with E-state index in [2.05, 4.69) is 27.5 Å². The lowest BCUT2D eigenvalue weighted by atomic mass is 10.3. The van der Waals surface area contributed by atoms with Gasteiger partial charge in [-0.3, -0.25) is 0 Å². The average molecular weight is 264 g/mol. The number of aromatic nitrogens is 1. The summed E-state index contributed by atoms with van der Waals surface area (Å²) < 4.78 is 5.62. The molecule has 0 aliphatic carbocycles. The van der Waals surface area contributed by atoms with Gasteiger partial charge in [0.15, 0.2) is 5.96 Å². The number of guanidine groups is 1. The molecule has 1 aromatic heterocycles. The first-order valence-electron chi connectivity index (χ1n) is 6.90. The molecule has 2 N–H and O–H groups in total. The first kappa shape index (κ1) is 15.3. The molecule has 0 atom stereocenters. The van der Waals surface area contributed by atoms with Gasteiger partial charge in [0.05, 0.1) is 13.2 Å². The van der Waals surface area contributed by atoms with Crippen molar-refractivity contribution in [2.75, 3.05) is 19.7 Å². The van der Waals surface area contributed by atoms with Crippen LogP contribution in [0.15, 0.2) is 23.3 Å². The van der Waals surface area contributed by atoms with Gasteiger partial charge >= 0.3 is 0 Å². The van der Waals surface area contributed by atoms with Crippen LogP contribution in [-0.2, 0) is 6.54 Å². The molecule has 5 nitrogen and oxygen atoms in total. The number of pyridine rings is 1. The number of aliphatic imine (C=N–C) groups is 1. The Morgan fingerprint density at radius 1 is 1.26 bits per heavy atom. The fourth-order valence-corrected chi connectivity index (χ4v) is 1.55. The number of hydrogen-bond acceptors (Lipinski definition) is 3. The van der Waals surface area contributed by atoms with E-state index in [1.165, 1.54) is 0 Å². The fraction of sp³-hybridized carbons (Fsp3) is 0.571. The molecule has 19 heavy (non-hydrogen) atoms. The zero-order valence-electron chi connectivity index (χ0n) is 12.1. The van der Waals surface area contributed by atoms with Gasteiger partial charge in [0.1, 0.15) is 0 Å². The molecule has 106 valence electrons. The average Bonchev–Trinajstić information content (AvgIpc) is 2.44. The summed E-state index contributed by atoms with van der Waals surface area (Å²) in [5.74, 6) is 1.50. The van der Waals surface area contributed by atoms with E-state index in [1.54, 1.807) is 6.20 Å².